The van der Waals surface area contributed by atoms with Gasteiger partial charge in [-0.25, -0.2) is 4.98 Å². The largest absolute Gasteiger partial charge is 0.467 e. The zero-order chi connectivity index (χ0) is 20.9. The Hall–Kier alpha value is -3.10. The van der Waals surface area contributed by atoms with Crippen molar-refractivity contribution in [3.05, 3.63) is 77.7 Å². The van der Waals surface area contributed by atoms with E-state index in [1.165, 1.54) is 23.1 Å². The number of nitrogens with one attached hydrogen (secondary N) is 2. The summed E-state index contributed by atoms with van der Waals surface area (Å²) in [5.74, 6) is 0.759. The van der Waals surface area contributed by atoms with Gasteiger partial charge in [0.15, 0.2) is 4.34 Å². The molecule has 2 aromatic heterocycles. The number of anilines is 1. The van der Waals surface area contributed by atoms with Gasteiger partial charge in [0.25, 0.3) is 5.91 Å². The van der Waals surface area contributed by atoms with Gasteiger partial charge in [-0.15, -0.1) is 11.3 Å². The van der Waals surface area contributed by atoms with Gasteiger partial charge in [0.05, 0.1) is 28.8 Å². The number of carbonyl (C=O) groups excluding carboxylic acids is 2. The van der Waals surface area contributed by atoms with Crippen LogP contribution in [-0.4, -0.2) is 22.6 Å². The summed E-state index contributed by atoms with van der Waals surface area (Å²) in [7, 11) is 0. The highest BCUT2D eigenvalue weighted by Crippen LogP contribution is 2.31. The van der Waals surface area contributed by atoms with Gasteiger partial charge < -0.3 is 15.1 Å². The van der Waals surface area contributed by atoms with Crippen molar-refractivity contribution in [1.82, 2.24) is 10.3 Å². The summed E-state index contributed by atoms with van der Waals surface area (Å²) in [6, 6.07) is 16.6. The number of aryl methyl sites for hydroxylation is 1. The van der Waals surface area contributed by atoms with Crippen molar-refractivity contribution < 1.29 is 14.0 Å². The Balaban J connectivity index is 1.35. The number of carbonyl (C=O) groups is 2. The average molecular weight is 438 g/mol. The molecule has 2 heterocycles. The molecule has 0 bridgehead atoms. The van der Waals surface area contributed by atoms with Crippen molar-refractivity contribution in [3.8, 4) is 0 Å². The Bertz CT molecular complexity index is 1170. The van der Waals surface area contributed by atoms with E-state index in [0.29, 0.717) is 23.6 Å². The standard InChI is InChI=1S/C22H19N3O3S2/c1-14-4-6-15(7-5-14)21(27)24-16-8-9-18-19(11-16)30-22(25-18)29-13-20(26)23-12-17-3-2-10-28-17/h2-11H,12-13H2,1H3,(H,23,26)(H,24,27). The quantitative estimate of drug-likeness (QED) is 0.404. The molecule has 0 aliphatic carbocycles. The van der Waals surface area contributed by atoms with Gasteiger partial charge in [0.1, 0.15) is 5.76 Å². The average Bonchev–Trinajstić information content (AvgIpc) is 3.40. The SMILES string of the molecule is Cc1ccc(C(=O)Nc2ccc3nc(SCC(=O)NCc4ccco4)sc3c2)cc1. The Labute approximate surface area is 181 Å². The van der Waals surface area contributed by atoms with Crippen LogP contribution in [0.5, 0.6) is 0 Å². The predicted molar refractivity (Wildman–Crippen MR) is 120 cm³/mol. The van der Waals surface area contributed by atoms with E-state index in [1.54, 1.807) is 12.3 Å². The molecule has 4 rings (SSSR count). The van der Waals surface area contributed by atoms with E-state index < -0.39 is 0 Å². The second-order valence-electron chi connectivity index (χ2n) is 6.63. The molecule has 4 aromatic rings. The van der Waals surface area contributed by atoms with Crippen molar-refractivity contribution in [3.63, 3.8) is 0 Å². The van der Waals surface area contributed by atoms with Crippen LogP contribution >= 0.6 is 23.1 Å². The summed E-state index contributed by atoms with van der Waals surface area (Å²) in [6.45, 7) is 2.36. The molecule has 0 aliphatic heterocycles. The lowest BCUT2D eigenvalue weighted by Gasteiger charge is -2.05. The molecule has 2 aromatic carbocycles. The summed E-state index contributed by atoms with van der Waals surface area (Å²) in [6.07, 6.45) is 1.58. The minimum atomic E-state index is -0.151. The number of rotatable bonds is 7. The second-order valence-corrected chi connectivity index (χ2v) is 8.88. The number of hydrogen-bond donors (Lipinski definition) is 2. The highest BCUT2D eigenvalue weighted by atomic mass is 32.2. The van der Waals surface area contributed by atoms with Gasteiger partial charge in [0.2, 0.25) is 5.91 Å². The van der Waals surface area contributed by atoms with E-state index in [9.17, 15) is 9.59 Å². The molecule has 2 N–H and O–H groups in total. The number of furan rings is 1. The van der Waals surface area contributed by atoms with E-state index in [4.69, 9.17) is 4.42 Å². The lowest BCUT2D eigenvalue weighted by Crippen LogP contribution is -2.24. The Morgan fingerprint density at radius 3 is 2.73 bits per heavy atom. The fourth-order valence-electron chi connectivity index (χ4n) is 2.73. The molecule has 0 radical (unpaired) electrons. The Morgan fingerprint density at radius 2 is 1.97 bits per heavy atom. The van der Waals surface area contributed by atoms with Crippen LogP contribution in [-0.2, 0) is 11.3 Å². The van der Waals surface area contributed by atoms with Crippen molar-refractivity contribution in [1.29, 1.82) is 0 Å². The molecule has 0 fully saturated rings. The number of aromatic nitrogens is 1. The lowest BCUT2D eigenvalue weighted by atomic mass is 10.1. The molecule has 0 saturated carbocycles. The minimum absolute atomic E-state index is 0.0818. The van der Waals surface area contributed by atoms with Gasteiger partial charge in [-0.2, -0.15) is 0 Å². The normalized spacial score (nSPS) is 10.8. The molecule has 0 unspecified atom stereocenters. The molecule has 6 nitrogen and oxygen atoms in total. The lowest BCUT2D eigenvalue weighted by molar-refractivity contribution is -0.118. The van der Waals surface area contributed by atoms with Gasteiger partial charge >= 0.3 is 0 Å². The monoisotopic (exact) mass is 437 g/mol. The van der Waals surface area contributed by atoms with Gasteiger partial charge in [-0.1, -0.05) is 29.5 Å². The van der Waals surface area contributed by atoms with Crippen LogP contribution in [0.3, 0.4) is 0 Å². The van der Waals surface area contributed by atoms with Crippen molar-refractivity contribution >= 4 is 50.8 Å². The van der Waals surface area contributed by atoms with Crippen LogP contribution in [0.25, 0.3) is 10.2 Å². The number of fused-ring (bicyclic) bond motifs is 1. The first-order valence-corrected chi connectivity index (χ1v) is 11.1. The number of thioether (sulfide) groups is 1. The number of thiazole rings is 1. The number of amides is 2. The van der Waals surface area contributed by atoms with E-state index in [1.807, 2.05) is 55.5 Å². The fourth-order valence-corrected chi connectivity index (χ4v) is 4.67. The van der Waals surface area contributed by atoms with Crippen LogP contribution < -0.4 is 10.6 Å². The predicted octanol–water partition coefficient (Wildman–Crippen LogP) is 4.86. The van der Waals surface area contributed by atoms with Crippen molar-refractivity contribution in [2.45, 2.75) is 17.8 Å². The first kappa shape index (κ1) is 20.2. The summed E-state index contributed by atoms with van der Waals surface area (Å²) < 4.78 is 6.96. The molecule has 2 amide bonds. The molecule has 0 spiro atoms. The Morgan fingerprint density at radius 1 is 1.13 bits per heavy atom. The topological polar surface area (TPSA) is 84.2 Å². The highest BCUT2D eigenvalue weighted by molar-refractivity contribution is 8.01. The molecular formula is C22H19N3O3S2. The Kier molecular flexibility index (Phi) is 6.15. The van der Waals surface area contributed by atoms with Crippen LogP contribution in [0.15, 0.2) is 69.6 Å². The molecule has 0 saturated heterocycles. The van der Waals surface area contributed by atoms with Crippen LogP contribution in [0.1, 0.15) is 21.7 Å². The summed E-state index contributed by atoms with van der Waals surface area (Å²) in [5, 5.41) is 5.73. The molecule has 8 heteroatoms. The van der Waals surface area contributed by atoms with Gasteiger partial charge in [-0.05, 0) is 49.4 Å². The highest BCUT2D eigenvalue weighted by Gasteiger charge is 2.11. The maximum atomic E-state index is 12.4. The van der Waals surface area contributed by atoms with E-state index in [0.717, 1.165) is 20.1 Å². The first-order chi connectivity index (χ1) is 14.6. The maximum absolute atomic E-state index is 12.4. The first-order valence-electron chi connectivity index (χ1n) is 9.27. The van der Waals surface area contributed by atoms with Crippen molar-refractivity contribution in [2.75, 3.05) is 11.1 Å². The number of benzene rings is 2. The fraction of sp³-hybridized carbons (Fsp3) is 0.136. The third kappa shape index (κ3) is 5.08. The number of hydrogen-bond acceptors (Lipinski definition) is 6. The van der Waals surface area contributed by atoms with Crippen molar-refractivity contribution in [2.24, 2.45) is 0 Å². The van der Waals surface area contributed by atoms with Gasteiger partial charge in [-0.3, -0.25) is 9.59 Å². The second kappa shape index (κ2) is 9.15. The molecule has 0 atom stereocenters. The molecule has 30 heavy (non-hydrogen) atoms. The minimum Gasteiger partial charge on any atom is -0.467 e. The van der Waals surface area contributed by atoms with Crippen LogP contribution in [0, 0.1) is 6.92 Å². The summed E-state index contributed by atoms with van der Waals surface area (Å²) in [5.41, 5.74) is 3.27. The zero-order valence-electron chi connectivity index (χ0n) is 16.2. The number of nitrogens with zero attached hydrogens (tertiary/aromatic N) is 1. The third-order valence-corrected chi connectivity index (χ3v) is 6.47. The summed E-state index contributed by atoms with van der Waals surface area (Å²) >= 11 is 2.88. The third-order valence-electron chi connectivity index (χ3n) is 4.31. The molecule has 0 aliphatic rings. The van der Waals surface area contributed by atoms with Crippen LogP contribution in [0.2, 0.25) is 0 Å². The molecule has 152 valence electrons. The zero-order valence-corrected chi connectivity index (χ0v) is 17.8. The van der Waals surface area contributed by atoms with E-state index in [-0.39, 0.29) is 17.6 Å². The van der Waals surface area contributed by atoms with E-state index in [2.05, 4.69) is 15.6 Å². The summed E-state index contributed by atoms with van der Waals surface area (Å²) in [4.78, 5) is 29.0. The molecular weight excluding hydrogens is 418 g/mol. The smallest absolute Gasteiger partial charge is 0.255 e. The van der Waals surface area contributed by atoms with Crippen LogP contribution in [0.4, 0.5) is 5.69 Å². The van der Waals surface area contributed by atoms with Gasteiger partial charge in [0, 0.05) is 11.3 Å². The maximum Gasteiger partial charge on any atom is 0.255 e. The van der Waals surface area contributed by atoms with E-state index >= 15 is 0 Å².